The Morgan fingerprint density at radius 1 is 1.40 bits per heavy atom. The molecule has 0 aliphatic carbocycles. The number of carbonyl (C=O) groups is 1. The minimum atomic E-state index is -0.0782. The molecule has 0 bridgehead atoms. The monoisotopic (exact) mass is 362 g/mol. The molecule has 25 heavy (non-hydrogen) atoms. The van der Waals surface area contributed by atoms with E-state index in [0.29, 0.717) is 10.6 Å². The van der Waals surface area contributed by atoms with Crippen LogP contribution in [0.3, 0.4) is 0 Å². The SMILES string of the molecule is CN(C)C(=O)c1sc2nc(C3(C)CCN(CCO)CC3)ccc2c1N. The zero-order chi connectivity index (χ0) is 18.2. The zero-order valence-electron chi connectivity index (χ0n) is 15.1. The molecule has 0 radical (unpaired) electrons. The number of aromatic nitrogens is 1. The second-order valence-corrected chi connectivity index (χ2v) is 8.22. The summed E-state index contributed by atoms with van der Waals surface area (Å²) in [5.74, 6) is -0.0782. The number of nitrogens with zero attached hydrogens (tertiary/aromatic N) is 3. The summed E-state index contributed by atoms with van der Waals surface area (Å²) in [6.07, 6.45) is 2.02. The van der Waals surface area contributed by atoms with Gasteiger partial charge in [0.1, 0.15) is 9.71 Å². The minimum Gasteiger partial charge on any atom is -0.397 e. The molecule has 1 aliphatic rings. The number of pyridine rings is 1. The lowest BCUT2D eigenvalue weighted by molar-refractivity contribution is 0.0833. The van der Waals surface area contributed by atoms with Gasteiger partial charge >= 0.3 is 0 Å². The number of nitrogen functional groups attached to an aromatic ring is 1. The van der Waals surface area contributed by atoms with Gasteiger partial charge in [0.25, 0.3) is 5.91 Å². The summed E-state index contributed by atoms with van der Waals surface area (Å²) in [5, 5.41) is 9.96. The van der Waals surface area contributed by atoms with Crippen molar-refractivity contribution in [3.05, 3.63) is 22.7 Å². The summed E-state index contributed by atoms with van der Waals surface area (Å²) >= 11 is 1.38. The van der Waals surface area contributed by atoms with Crippen molar-refractivity contribution >= 4 is 33.1 Å². The average molecular weight is 362 g/mol. The van der Waals surface area contributed by atoms with Crippen LogP contribution in [0.15, 0.2) is 12.1 Å². The highest BCUT2D eigenvalue weighted by molar-refractivity contribution is 7.21. The molecule has 2 aromatic heterocycles. The molecule has 0 unspecified atom stereocenters. The number of β-amino-alcohol motifs (C(OH)–C–C–N with tert-alkyl or cyclic N) is 1. The molecule has 6 nitrogen and oxygen atoms in total. The number of likely N-dealkylation sites (tertiary alicyclic amines) is 1. The van der Waals surface area contributed by atoms with Crippen LogP contribution in [0.1, 0.15) is 35.1 Å². The third-order valence-electron chi connectivity index (χ3n) is 5.19. The Morgan fingerprint density at radius 2 is 2.08 bits per heavy atom. The van der Waals surface area contributed by atoms with Crippen LogP contribution in [0.4, 0.5) is 5.69 Å². The number of aliphatic hydroxyl groups is 1. The fourth-order valence-electron chi connectivity index (χ4n) is 3.36. The van der Waals surface area contributed by atoms with E-state index >= 15 is 0 Å². The first-order valence-corrected chi connectivity index (χ1v) is 9.42. The Balaban J connectivity index is 1.90. The van der Waals surface area contributed by atoms with Crippen molar-refractivity contribution in [3.8, 4) is 0 Å². The number of anilines is 1. The van der Waals surface area contributed by atoms with Crippen LogP contribution in [0, 0.1) is 0 Å². The van der Waals surface area contributed by atoms with Gasteiger partial charge < -0.3 is 20.6 Å². The van der Waals surface area contributed by atoms with Gasteiger partial charge in [0.15, 0.2) is 0 Å². The van der Waals surface area contributed by atoms with Crippen molar-refractivity contribution in [1.29, 1.82) is 0 Å². The molecule has 0 saturated carbocycles. The van der Waals surface area contributed by atoms with E-state index in [4.69, 9.17) is 15.8 Å². The average Bonchev–Trinajstić information content (AvgIpc) is 2.93. The number of thiophene rings is 1. The lowest BCUT2D eigenvalue weighted by atomic mass is 9.77. The number of aliphatic hydroxyl groups excluding tert-OH is 1. The third kappa shape index (κ3) is 3.36. The van der Waals surface area contributed by atoms with Crippen LogP contribution >= 0.6 is 11.3 Å². The predicted molar refractivity (Wildman–Crippen MR) is 102 cm³/mol. The van der Waals surface area contributed by atoms with Crippen molar-refractivity contribution in [2.45, 2.75) is 25.2 Å². The van der Waals surface area contributed by atoms with E-state index in [-0.39, 0.29) is 17.9 Å². The molecule has 0 atom stereocenters. The van der Waals surface area contributed by atoms with Gasteiger partial charge in [-0.25, -0.2) is 4.98 Å². The highest BCUT2D eigenvalue weighted by Crippen LogP contribution is 2.38. The van der Waals surface area contributed by atoms with E-state index < -0.39 is 0 Å². The van der Waals surface area contributed by atoms with Crippen LogP contribution < -0.4 is 5.73 Å². The number of carbonyl (C=O) groups excluding carboxylic acids is 1. The van der Waals surface area contributed by atoms with Crippen LogP contribution in [-0.4, -0.2) is 66.1 Å². The molecule has 3 heterocycles. The van der Waals surface area contributed by atoms with E-state index in [9.17, 15) is 4.79 Å². The quantitative estimate of drug-likeness (QED) is 0.868. The lowest BCUT2D eigenvalue weighted by Gasteiger charge is -2.38. The maximum absolute atomic E-state index is 12.3. The molecule has 1 fully saturated rings. The molecule has 0 spiro atoms. The summed E-state index contributed by atoms with van der Waals surface area (Å²) < 4.78 is 0. The van der Waals surface area contributed by atoms with Crippen LogP contribution in [0.5, 0.6) is 0 Å². The predicted octanol–water partition coefficient (Wildman–Crippen LogP) is 1.93. The van der Waals surface area contributed by atoms with Crippen LogP contribution in [0.2, 0.25) is 0 Å². The Hall–Kier alpha value is -1.70. The van der Waals surface area contributed by atoms with Crippen molar-refractivity contribution in [2.24, 2.45) is 0 Å². The number of piperidine rings is 1. The molecule has 7 heteroatoms. The zero-order valence-corrected chi connectivity index (χ0v) is 15.9. The first-order valence-electron chi connectivity index (χ1n) is 8.60. The summed E-state index contributed by atoms with van der Waals surface area (Å²) in [6, 6.07) is 4.05. The van der Waals surface area contributed by atoms with Crippen LogP contribution in [-0.2, 0) is 5.41 Å². The molecule has 2 aromatic rings. The Morgan fingerprint density at radius 3 is 2.68 bits per heavy atom. The third-order valence-corrected chi connectivity index (χ3v) is 6.29. The molecule has 3 N–H and O–H groups in total. The van der Waals surface area contributed by atoms with Crippen molar-refractivity contribution in [1.82, 2.24) is 14.8 Å². The van der Waals surface area contributed by atoms with Gasteiger partial charge in [-0.05, 0) is 38.1 Å². The topological polar surface area (TPSA) is 82.7 Å². The summed E-state index contributed by atoms with van der Waals surface area (Å²) in [5.41, 5.74) is 7.79. The van der Waals surface area contributed by atoms with Gasteiger partial charge in [0, 0.05) is 37.1 Å². The summed E-state index contributed by atoms with van der Waals surface area (Å²) in [6.45, 7) is 5.12. The molecule has 1 aliphatic heterocycles. The lowest BCUT2D eigenvalue weighted by Crippen LogP contribution is -2.42. The largest absolute Gasteiger partial charge is 0.397 e. The molecule has 0 aromatic carbocycles. The number of hydrogen-bond acceptors (Lipinski definition) is 6. The molecule has 136 valence electrons. The van der Waals surface area contributed by atoms with Gasteiger partial charge in [-0.15, -0.1) is 11.3 Å². The highest BCUT2D eigenvalue weighted by atomic mass is 32.1. The number of hydrogen-bond donors (Lipinski definition) is 2. The van der Waals surface area contributed by atoms with Gasteiger partial charge in [0.05, 0.1) is 12.3 Å². The molecule has 1 saturated heterocycles. The molecular weight excluding hydrogens is 336 g/mol. The molecule has 3 rings (SSSR count). The van der Waals surface area contributed by atoms with E-state index in [2.05, 4.69) is 17.9 Å². The number of nitrogens with two attached hydrogens (primary N) is 1. The number of rotatable bonds is 4. The molecule has 1 amide bonds. The fraction of sp³-hybridized carbons (Fsp3) is 0.556. The van der Waals surface area contributed by atoms with E-state index in [1.165, 1.54) is 11.3 Å². The minimum absolute atomic E-state index is 0.0185. The summed E-state index contributed by atoms with van der Waals surface area (Å²) in [7, 11) is 3.46. The molecular formula is C18H26N4O2S. The van der Waals surface area contributed by atoms with E-state index in [0.717, 1.165) is 48.4 Å². The maximum Gasteiger partial charge on any atom is 0.265 e. The van der Waals surface area contributed by atoms with Gasteiger partial charge in [0.2, 0.25) is 0 Å². The van der Waals surface area contributed by atoms with Crippen LogP contribution in [0.25, 0.3) is 10.2 Å². The highest BCUT2D eigenvalue weighted by Gasteiger charge is 2.33. The fourth-order valence-corrected chi connectivity index (χ4v) is 4.48. The van der Waals surface area contributed by atoms with Gasteiger partial charge in [-0.3, -0.25) is 4.79 Å². The Labute approximate surface area is 152 Å². The standard InChI is InChI=1S/C18H26N4O2S/c1-18(6-8-22(9-7-18)10-11-23)13-5-4-12-14(19)15(17(24)21(2)3)25-16(12)20-13/h4-5,23H,6-11,19H2,1-3H3. The smallest absolute Gasteiger partial charge is 0.265 e. The second-order valence-electron chi connectivity index (χ2n) is 7.22. The first-order chi connectivity index (χ1) is 11.9. The maximum atomic E-state index is 12.3. The van der Waals surface area contributed by atoms with E-state index in [1.54, 1.807) is 19.0 Å². The van der Waals surface area contributed by atoms with Gasteiger partial charge in [-0.1, -0.05) is 6.92 Å². The Kier molecular flexibility index (Phi) is 4.99. The van der Waals surface area contributed by atoms with E-state index in [1.807, 2.05) is 6.07 Å². The first kappa shape index (κ1) is 18.1. The Bertz CT molecular complexity index is 779. The van der Waals surface area contributed by atoms with Crippen molar-refractivity contribution in [3.63, 3.8) is 0 Å². The van der Waals surface area contributed by atoms with Gasteiger partial charge in [-0.2, -0.15) is 0 Å². The normalized spacial score (nSPS) is 17.8. The second kappa shape index (κ2) is 6.90. The van der Waals surface area contributed by atoms with Crippen molar-refractivity contribution in [2.75, 3.05) is 46.1 Å². The number of fused-ring (bicyclic) bond motifs is 1. The number of amides is 1. The van der Waals surface area contributed by atoms with Crippen molar-refractivity contribution < 1.29 is 9.90 Å². The summed E-state index contributed by atoms with van der Waals surface area (Å²) in [4.78, 5) is 22.4.